The number of hydrogen-bond acceptors (Lipinski definition) is 8. The molecule has 0 unspecified atom stereocenters. The summed E-state index contributed by atoms with van der Waals surface area (Å²) in [5, 5.41) is 27.2. The summed E-state index contributed by atoms with van der Waals surface area (Å²) in [5.41, 5.74) is 8.02. The number of aliphatic carboxylic acids is 1. The minimum atomic E-state index is -4.22. The van der Waals surface area contributed by atoms with Crippen molar-refractivity contribution < 1.29 is 54.4 Å². The number of piperazine rings is 3. The number of fused-ring (bicyclic) bond motifs is 5. The van der Waals surface area contributed by atoms with Crippen LogP contribution in [0.25, 0.3) is 0 Å². The Morgan fingerprint density at radius 3 is 2.29 bits per heavy atom. The van der Waals surface area contributed by atoms with Crippen LogP contribution in [-0.4, -0.2) is 126 Å². The molecule has 2 aromatic carbocycles. The number of quaternary nitrogens is 2. The van der Waals surface area contributed by atoms with E-state index in [2.05, 4.69) is 5.10 Å². The van der Waals surface area contributed by atoms with Crippen molar-refractivity contribution in [2.75, 3.05) is 58.9 Å². The van der Waals surface area contributed by atoms with Crippen molar-refractivity contribution in [3.63, 3.8) is 0 Å². The van der Waals surface area contributed by atoms with Gasteiger partial charge in [-0.05, 0) is 30.2 Å². The monoisotopic (exact) mass is 712 g/mol. The minimum Gasteiger partial charge on any atom is -1.00 e. The molecule has 262 valence electrons. The lowest BCUT2D eigenvalue weighted by atomic mass is 9.78. The lowest BCUT2D eigenvalue weighted by Crippen LogP contribution is -3.00. The average molecular weight is 713 g/mol. The first-order valence-electron chi connectivity index (χ1n) is 16.5. The van der Waals surface area contributed by atoms with Gasteiger partial charge in [-0.2, -0.15) is 17.9 Å². The van der Waals surface area contributed by atoms with Gasteiger partial charge in [0.2, 0.25) is 5.91 Å². The number of benzene rings is 2. The number of amides is 2. The molecule has 8 rings (SSSR count). The summed E-state index contributed by atoms with van der Waals surface area (Å²) >= 11 is 0. The number of nitrogens with two attached hydrogens (primary N) is 1. The number of rotatable bonds is 10. The molecule has 0 aromatic heterocycles. The number of sulfonamides is 1. The maximum absolute atomic E-state index is 14.2. The Labute approximate surface area is 291 Å². The molecule has 2 bridgehead atoms. The van der Waals surface area contributed by atoms with Crippen LogP contribution in [0.5, 0.6) is 0 Å². The minimum absolute atomic E-state index is 0. The Morgan fingerprint density at radius 2 is 1.69 bits per heavy atom. The van der Waals surface area contributed by atoms with E-state index in [9.17, 15) is 33.0 Å². The van der Waals surface area contributed by atoms with Crippen molar-refractivity contribution in [2.45, 2.75) is 37.3 Å². The van der Waals surface area contributed by atoms with E-state index >= 15 is 0 Å². The Hall–Kier alpha value is -3.82. The molecule has 13 nitrogen and oxygen atoms in total. The van der Waals surface area contributed by atoms with Gasteiger partial charge in [0, 0.05) is 23.5 Å². The molecule has 3 N–H and O–H groups in total. The van der Waals surface area contributed by atoms with Crippen molar-refractivity contribution in [1.82, 2.24) is 9.31 Å². The first-order valence-corrected chi connectivity index (χ1v) is 17.9. The molecule has 15 heteroatoms. The Bertz CT molecular complexity index is 1860. The SMILES string of the molecule is C[C@@H](O)[C@H]1C(=O)N2C(C(=O)[O-])=C(CN3N=C(c4ccccc4)c4cc(CC[N+]56CC[N+](CC(N)=O)(CC5)CC6)ccc4S3(=O)=O)[C@H](C)[C@H]12.[Cl-]. The fourth-order valence-electron chi connectivity index (χ4n) is 8.61. The maximum atomic E-state index is 14.2. The number of carbonyl (C=O) groups excluding carboxylic acids is 3. The largest absolute Gasteiger partial charge is 1.00 e. The quantitative estimate of drug-likeness (QED) is 0.187. The third kappa shape index (κ3) is 5.72. The molecule has 2 aromatic rings. The van der Waals surface area contributed by atoms with Gasteiger partial charge in [-0.1, -0.05) is 43.3 Å². The van der Waals surface area contributed by atoms with Gasteiger partial charge in [0.25, 0.3) is 15.9 Å². The van der Waals surface area contributed by atoms with Crippen molar-refractivity contribution in [3.8, 4) is 0 Å². The molecule has 6 aliphatic heterocycles. The van der Waals surface area contributed by atoms with Crippen LogP contribution in [0.1, 0.15) is 30.5 Å². The highest BCUT2D eigenvalue weighted by atomic mass is 35.5. The van der Waals surface area contributed by atoms with Crippen LogP contribution in [0.3, 0.4) is 0 Å². The predicted molar refractivity (Wildman–Crippen MR) is 172 cm³/mol. The molecular formula is C34H41ClN6O7S. The van der Waals surface area contributed by atoms with Crippen LogP contribution in [0.2, 0.25) is 0 Å². The topological polar surface area (TPSA) is 173 Å². The van der Waals surface area contributed by atoms with Crippen molar-refractivity contribution in [1.29, 1.82) is 0 Å². The molecule has 49 heavy (non-hydrogen) atoms. The number of hydrogen-bond donors (Lipinski definition) is 2. The highest BCUT2D eigenvalue weighted by molar-refractivity contribution is 7.89. The smallest absolute Gasteiger partial charge is 0.280 e. The van der Waals surface area contributed by atoms with Crippen LogP contribution in [0.4, 0.5) is 0 Å². The molecule has 0 spiro atoms. The number of carbonyl (C=O) groups is 3. The van der Waals surface area contributed by atoms with E-state index in [0.29, 0.717) is 23.4 Å². The van der Waals surface area contributed by atoms with Crippen molar-refractivity contribution in [3.05, 3.63) is 76.5 Å². The molecule has 2 amide bonds. The number of carboxylic acids is 1. The second kappa shape index (κ2) is 12.5. The summed E-state index contributed by atoms with van der Waals surface area (Å²) < 4.78 is 31.0. The zero-order valence-corrected chi connectivity index (χ0v) is 29.1. The fraction of sp³-hybridized carbons (Fsp3) is 0.471. The van der Waals surface area contributed by atoms with Gasteiger partial charge >= 0.3 is 0 Å². The number of aliphatic hydroxyl groups excluding tert-OH is 1. The zero-order chi connectivity index (χ0) is 34.2. The normalized spacial score (nSPS) is 30.1. The van der Waals surface area contributed by atoms with Crippen LogP contribution in [0, 0.1) is 11.8 Å². The molecular weight excluding hydrogens is 672 g/mol. The summed E-state index contributed by atoms with van der Waals surface area (Å²) in [4.78, 5) is 38.0. The lowest BCUT2D eigenvalue weighted by molar-refractivity contribution is -1.08. The number of aliphatic hydroxyl groups is 1. The lowest BCUT2D eigenvalue weighted by Gasteiger charge is -2.55. The molecule has 4 atom stereocenters. The zero-order valence-electron chi connectivity index (χ0n) is 27.5. The third-order valence-corrected chi connectivity index (χ3v) is 13.1. The van der Waals surface area contributed by atoms with Gasteiger partial charge in [-0.15, -0.1) is 0 Å². The highest BCUT2D eigenvalue weighted by Crippen LogP contribution is 2.47. The standard InChI is InChI=1S/C34H40N6O7S.ClH/c1-21-26(32(34(44)45)38-31(21)29(22(2)41)33(38)43)19-37-36-30(24-6-4-3-5-7-24)25-18-23(8-9-27(25)48(37,46)47)10-11-39-12-15-40(16-13-39,17-14-39)20-28(35)42;/h3-9,18,21-22,29,31,41H,10-17,19-20H2,1-2H3,(H-2,35,42,44,45);1H/t21-,22+,29+,31+,39?,40?;/m0./s1. The van der Waals surface area contributed by atoms with Crippen molar-refractivity contribution in [2.24, 2.45) is 22.7 Å². The Kier molecular flexibility index (Phi) is 8.93. The van der Waals surface area contributed by atoms with Gasteiger partial charge in [0.1, 0.15) is 45.0 Å². The molecule has 0 radical (unpaired) electrons. The number of halogens is 1. The summed E-state index contributed by atoms with van der Waals surface area (Å²) in [7, 11) is -4.22. The number of β-lactam (4-membered cyclic amide) rings is 1. The van der Waals surface area contributed by atoms with E-state index in [0.717, 1.165) is 76.1 Å². The van der Waals surface area contributed by atoms with Gasteiger partial charge < -0.3 is 47.0 Å². The van der Waals surface area contributed by atoms with E-state index in [-0.39, 0.29) is 41.0 Å². The molecule has 4 saturated heterocycles. The fourth-order valence-corrected chi connectivity index (χ4v) is 10.0. The summed E-state index contributed by atoms with van der Waals surface area (Å²) in [6.07, 6.45) is -0.250. The van der Waals surface area contributed by atoms with Gasteiger partial charge in [-0.3, -0.25) is 9.59 Å². The molecule has 0 saturated carbocycles. The van der Waals surface area contributed by atoms with Crippen LogP contribution < -0.4 is 23.2 Å². The van der Waals surface area contributed by atoms with Gasteiger partial charge in [0.15, 0.2) is 6.54 Å². The summed E-state index contributed by atoms with van der Waals surface area (Å²) in [5.74, 6) is -3.68. The van der Waals surface area contributed by atoms with Crippen LogP contribution >= 0.6 is 0 Å². The highest BCUT2D eigenvalue weighted by Gasteiger charge is 2.59. The van der Waals surface area contributed by atoms with E-state index in [1.807, 2.05) is 42.5 Å². The van der Waals surface area contributed by atoms with Crippen LogP contribution in [-0.2, 0) is 30.8 Å². The maximum Gasteiger partial charge on any atom is 0.280 e. The first kappa shape index (κ1) is 35.0. The molecule has 4 fully saturated rings. The second-order valence-corrected chi connectivity index (χ2v) is 16.0. The summed E-state index contributed by atoms with van der Waals surface area (Å²) in [6.45, 7) is 9.82. The number of carboxylic acid groups (broad SMARTS) is 1. The summed E-state index contributed by atoms with van der Waals surface area (Å²) in [6, 6.07) is 14.0. The predicted octanol–water partition coefficient (Wildman–Crippen LogP) is -4.00. The van der Waals surface area contributed by atoms with Crippen LogP contribution in [0.15, 0.2) is 69.8 Å². The number of hydrazone groups is 1. The average Bonchev–Trinajstić information content (AvgIpc) is 3.29. The van der Waals surface area contributed by atoms with E-state index in [1.165, 1.54) is 6.92 Å². The van der Waals surface area contributed by atoms with Gasteiger partial charge in [0.05, 0.1) is 47.7 Å². The Balaban J connectivity index is 0.00000417. The first-order chi connectivity index (χ1) is 22.8. The van der Waals surface area contributed by atoms with Gasteiger partial charge in [-0.25, -0.2) is 0 Å². The van der Waals surface area contributed by atoms with E-state index in [4.69, 9.17) is 5.73 Å². The van der Waals surface area contributed by atoms with E-state index < -0.39 is 45.9 Å². The third-order valence-electron chi connectivity index (χ3n) is 11.4. The van der Waals surface area contributed by atoms with E-state index in [1.54, 1.807) is 13.0 Å². The molecule has 0 aliphatic carbocycles. The second-order valence-electron chi connectivity index (χ2n) is 14.2. The van der Waals surface area contributed by atoms with Crippen molar-refractivity contribution >= 4 is 33.5 Å². The Morgan fingerprint density at radius 1 is 1.06 bits per heavy atom. The number of primary amides is 1. The number of nitrogens with zero attached hydrogens (tertiary/aromatic N) is 5. The molecule has 6 heterocycles. The molecule has 6 aliphatic rings.